The van der Waals surface area contributed by atoms with Gasteiger partial charge >= 0.3 is 0 Å². The van der Waals surface area contributed by atoms with Crippen molar-refractivity contribution in [2.75, 3.05) is 0 Å². The Balaban J connectivity index is 1.64. The van der Waals surface area contributed by atoms with E-state index in [0.717, 1.165) is 23.8 Å². The third-order valence-corrected chi connectivity index (χ3v) is 4.54. The molecule has 0 saturated carbocycles. The average molecular weight is 420 g/mol. The first-order valence-electron chi connectivity index (χ1n) is 9.13. The van der Waals surface area contributed by atoms with Crippen molar-refractivity contribution in [3.63, 3.8) is 0 Å². The lowest BCUT2D eigenvalue weighted by atomic mass is 10.1. The zero-order valence-electron chi connectivity index (χ0n) is 15.9. The quantitative estimate of drug-likeness (QED) is 0.356. The van der Waals surface area contributed by atoms with Crippen LogP contribution in [0.3, 0.4) is 0 Å². The lowest BCUT2D eigenvalue weighted by Gasteiger charge is -2.09. The minimum atomic E-state index is -0.738. The lowest BCUT2D eigenvalue weighted by Crippen LogP contribution is -2.22. The maximum absolute atomic E-state index is 13.5. The van der Waals surface area contributed by atoms with Gasteiger partial charge in [0, 0.05) is 29.3 Å². The highest BCUT2D eigenvalue weighted by Gasteiger charge is 2.10. The molecular weight excluding hydrogens is 406 g/mol. The van der Waals surface area contributed by atoms with Crippen molar-refractivity contribution < 1.29 is 13.7 Å². The second-order valence-corrected chi connectivity index (χ2v) is 6.73. The maximum Gasteiger partial charge on any atom is 0.287 e. The number of benzene rings is 2. The van der Waals surface area contributed by atoms with E-state index >= 15 is 0 Å². The number of rotatable bonds is 5. The van der Waals surface area contributed by atoms with Gasteiger partial charge in [-0.1, -0.05) is 18.2 Å². The highest BCUT2D eigenvalue weighted by molar-refractivity contribution is 5.61. The summed E-state index contributed by atoms with van der Waals surface area (Å²) in [7, 11) is 0. The second kappa shape index (κ2) is 8.23. The first-order chi connectivity index (χ1) is 14.9. The normalized spacial score (nSPS) is 10.8. The van der Waals surface area contributed by atoms with Crippen LogP contribution in [0.2, 0.25) is 0 Å². The maximum atomic E-state index is 13.5. The molecule has 0 aliphatic heterocycles. The SMILES string of the molecule is O=c1ccc(-c2cc(F)cc(F)c2)nn1Cc1cccc(-c2ccc([N+](=O)[O-])cn2)c1. The lowest BCUT2D eigenvalue weighted by molar-refractivity contribution is -0.385. The number of aromatic nitrogens is 3. The van der Waals surface area contributed by atoms with Gasteiger partial charge in [0.2, 0.25) is 0 Å². The summed E-state index contributed by atoms with van der Waals surface area (Å²) in [5, 5.41) is 15.0. The Kier molecular flexibility index (Phi) is 5.31. The predicted octanol–water partition coefficient (Wildman–Crippen LogP) is 4.21. The van der Waals surface area contributed by atoms with Crippen LogP contribution in [0.25, 0.3) is 22.5 Å². The molecule has 9 heteroatoms. The molecule has 0 bridgehead atoms. The second-order valence-electron chi connectivity index (χ2n) is 6.73. The van der Waals surface area contributed by atoms with Gasteiger partial charge in [0.05, 0.1) is 22.9 Å². The highest BCUT2D eigenvalue weighted by atomic mass is 19.1. The zero-order chi connectivity index (χ0) is 22.0. The minimum Gasteiger partial charge on any atom is -0.268 e. The third kappa shape index (κ3) is 4.50. The molecule has 2 aromatic heterocycles. The van der Waals surface area contributed by atoms with Gasteiger partial charge in [0.1, 0.15) is 17.8 Å². The van der Waals surface area contributed by atoms with Gasteiger partial charge in [0.25, 0.3) is 11.2 Å². The van der Waals surface area contributed by atoms with Gasteiger partial charge in [-0.2, -0.15) is 5.10 Å². The van der Waals surface area contributed by atoms with Gasteiger partial charge in [-0.15, -0.1) is 0 Å². The van der Waals surface area contributed by atoms with Crippen LogP contribution in [0.5, 0.6) is 0 Å². The summed E-state index contributed by atoms with van der Waals surface area (Å²) in [6.07, 6.45) is 1.18. The molecule has 0 N–H and O–H groups in total. The smallest absolute Gasteiger partial charge is 0.268 e. The number of nitro groups is 1. The molecule has 0 atom stereocenters. The van der Waals surface area contributed by atoms with E-state index in [1.165, 1.54) is 29.1 Å². The molecule has 0 aliphatic rings. The van der Waals surface area contributed by atoms with Gasteiger partial charge in [-0.3, -0.25) is 14.9 Å². The Bertz CT molecular complexity index is 1320. The molecule has 154 valence electrons. The molecule has 0 aliphatic carbocycles. The van der Waals surface area contributed by atoms with E-state index in [9.17, 15) is 23.7 Å². The molecule has 7 nitrogen and oxygen atoms in total. The van der Waals surface area contributed by atoms with Crippen LogP contribution in [0.1, 0.15) is 5.56 Å². The number of hydrogen-bond donors (Lipinski definition) is 0. The fourth-order valence-corrected chi connectivity index (χ4v) is 3.08. The first-order valence-corrected chi connectivity index (χ1v) is 9.13. The van der Waals surface area contributed by atoms with E-state index in [-0.39, 0.29) is 29.0 Å². The molecule has 0 radical (unpaired) electrons. The van der Waals surface area contributed by atoms with Crippen molar-refractivity contribution in [2.24, 2.45) is 0 Å². The standard InChI is InChI=1S/C22H14F2N4O3/c23-17-9-16(10-18(24)11-17)21-6-7-22(29)27(26-21)13-14-2-1-3-15(8-14)20-5-4-19(12-25-20)28(30)31/h1-12H,13H2. The Morgan fingerprint density at radius 3 is 2.32 bits per heavy atom. The van der Waals surface area contributed by atoms with Crippen LogP contribution < -0.4 is 5.56 Å². The topological polar surface area (TPSA) is 90.9 Å². The number of pyridine rings is 1. The van der Waals surface area contributed by atoms with Crippen molar-refractivity contribution in [3.8, 4) is 22.5 Å². The third-order valence-electron chi connectivity index (χ3n) is 4.54. The van der Waals surface area contributed by atoms with E-state index in [1.807, 2.05) is 0 Å². The average Bonchev–Trinajstić information content (AvgIpc) is 2.75. The molecule has 0 unspecified atom stereocenters. The van der Waals surface area contributed by atoms with Crippen LogP contribution in [-0.4, -0.2) is 19.7 Å². The number of hydrogen-bond acceptors (Lipinski definition) is 5. The van der Waals surface area contributed by atoms with Crippen LogP contribution in [0.4, 0.5) is 14.5 Å². The monoisotopic (exact) mass is 420 g/mol. The number of nitrogens with zero attached hydrogens (tertiary/aromatic N) is 4. The van der Waals surface area contributed by atoms with Crippen LogP contribution in [-0.2, 0) is 6.54 Å². The summed E-state index contributed by atoms with van der Waals surface area (Å²) in [6, 6.07) is 15.8. The fourth-order valence-electron chi connectivity index (χ4n) is 3.08. The highest BCUT2D eigenvalue weighted by Crippen LogP contribution is 2.22. The Hall–Kier alpha value is -4.27. The van der Waals surface area contributed by atoms with Crippen LogP contribution in [0.15, 0.2) is 77.7 Å². The van der Waals surface area contributed by atoms with Crippen LogP contribution >= 0.6 is 0 Å². The zero-order valence-corrected chi connectivity index (χ0v) is 15.9. The minimum absolute atomic E-state index is 0.110. The van der Waals surface area contributed by atoms with E-state index in [2.05, 4.69) is 10.1 Å². The molecular formula is C22H14F2N4O3. The molecule has 0 saturated heterocycles. The molecule has 4 aromatic rings. The van der Waals surface area contributed by atoms with Crippen molar-refractivity contribution >= 4 is 5.69 Å². The van der Waals surface area contributed by atoms with Crippen molar-refractivity contribution in [2.45, 2.75) is 6.54 Å². The first kappa shape index (κ1) is 20.0. The summed E-state index contributed by atoms with van der Waals surface area (Å²) in [5.41, 5.74) is 1.97. The summed E-state index contributed by atoms with van der Waals surface area (Å²) in [4.78, 5) is 26.6. The molecule has 31 heavy (non-hydrogen) atoms. The Morgan fingerprint density at radius 2 is 1.65 bits per heavy atom. The van der Waals surface area contributed by atoms with E-state index in [1.54, 1.807) is 30.3 Å². The molecule has 0 fully saturated rings. The molecule has 2 heterocycles. The van der Waals surface area contributed by atoms with Gasteiger partial charge in [-0.25, -0.2) is 18.4 Å². The fraction of sp³-hybridized carbons (Fsp3) is 0.0455. The molecule has 0 amide bonds. The van der Waals surface area contributed by atoms with Gasteiger partial charge < -0.3 is 0 Å². The van der Waals surface area contributed by atoms with E-state index in [0.29, 0.717) is 11.3 Å². The summed E-state index contributed by atoms with van der Waals surface area (Å²) >= 11 is 0. The van der Waals surface area contributed by atoms with Crippen LogP contribution in [0, 0.1) is 21.7 Å². The van der Waals surface area contributed by atoms with E-state index < -0.39 is 16.6 Å². The largest absolute Gasteiger partial charge is 0.287 e. The molecule has 0 spiro atoms. The predicted molar refractivity (Wildman–Crippen MR) is 109 cm³/mol. The van der Waals surface area contributed by atoms with Crippen molar-refractivity contribution in [3.05, 3.63) is 111 Å². The van der Waals surface area contributed by atoms with E-state index in [4.69, 9.17) is 0 Å². The Morgan fingerprint density at radius 1 is 0.903 bits per heavy atom. The van der Waals surface area contributed by atoms with Gasteiger partial charge in [-0.05, 0) is 35.9 Å². The molecule has 4 rings (SSSR count). The summed E-state index contributed by atoms with van der Waals surface area (Å²) < 4.78 is 28.3. The van der Waals surface area contributed by atoms with Crippen molar-refractivity contribution in [1.82, 2.24) is 14.8 Å². The Labute approximate surface area is 174 Å². The van der Waals surface area contributed by atoms with Crippen molar-refractivity contribution in [1.29, 1.82) is 0 Å². The molecule has 2 aromatic carbocycles. The summed E-state index contributed by atoms with van der Waals surface area (Å²) in [5.74, 6) is -1.48. The number of halogens is 2. The van der Waals surface area contributed by atoms with Gasteiger partial charge in [0.15, 0.2) is 0 Å². The summed E-state index contributed by atoms with van der Waals surface area (Å²) in [6.45, 7) is 0.116.